The average Bonchev–Trinajstić information content (AvgIpc) is 2.97. The van der Waals surface area contributed by atoms with Crippen molar-refractivity contribution in [2.75, 3.05) is 0 Å². The molecule has 3 atom stereocenters. The zero-order valence-corrected chi connectivity index (χ0v) is 17.7. The van der Waals surface area contributed by atoms with Gasteiger partial charge in [-0.15, -0.1) is 0 Å². The number of hydrogen-bond acceptors (Lipinski definition) is 6. The molecule has 0 bridgehead atoms. The molecule has 0 radical (unpaired) electrons. The highest BCUT2D eigenvalue weighted by Gasteiger charge is 2.45. The van der Waals surface area contributed by atoms with Crippen LogP contribution in [-0.2, 0) is 16.1 Å². The van der Waals surface area contributed by atoms with Crippen LogP contribution in [0.3, 0.4) is 0 Å². The van der Waals surface area contributed by atoms with Crippen molar-refractivity contribution in [2.24, 2.45) is 0 Å². The van der Waals surface area contributed by atoms with Crippen molar-refractivity contribution in [2.45, 2.75) is 37.9 Å². The van der Waals surface area contributed by atoms with Gasteiger partial charge >= 0.3 is 0 Å². The third kappa shape index (κ3) is 4.17. The SMILES string of the molecule is O=C1CCC(N2C(=O)c3c(CNC(O)c4cc(Cl)cc(Cl)c4)cccc3C2O)C(=O)N1. The summed E-state index contributed by atoms with van der Waals surface area (Å²) in [5.41, 5.74) is 1.64. The van der Waals surface area contributed by atoms with Gasteiger partial charge in [-0.25, -0.2) is 0 Å². The van der Waals surface area contributed by atoms with E-state index in [-0.39, 0.29) is 24.9 Å². The molecular formula is C21H19Cl2N3O5. The molecule has 1 fully saturated rings. The van der Waals surface area contributed by atoms with E-state index in [9.17, 15) is 24.6 Å². The first-order chi connectivity index (χ1) is 14.8. The van der Waals surface area contributed by atoms with Crippen molar-refractivity contribution in [1.82, 2.24) is 15.5 Å². The number of benzene rings is 2. The first-order valence-corrected chi connectivity index (χ1v) is 10.4. The van der Waals surface area contributed by atoms with Crippen LogP contribution < -0.4 is 10.6 Å². The highest BCUT2D eigenvalue weighted by atomic mass is 35.5. The summed E-state index contributed by atoms with van der Waals surface area (Å²) in [5.74, 6) is -1.51. The molecule has 10 heteroatoms. The summed E-state index contributed by atoms with van der Waals surface area (Å²) in [6.07, 6.45) is -2.17. The molecule has 2 aliphatic rings. The van der Waals surface area contributed by atoms with Gasteiger partial charge < -0.3 is 10.2 Å². The Morgan fingerprint density at radius 1 is 1.16 bits per heavy atom. The van der Waals surface area contributed by atoms with Crippen LogP contribution in [0.2, 0.25) is 10.0 Å². The van der Waals surface area contributed by atoms with E-state index in [1.807, 2.05) is 0 Å². The number of imide groups is 1. The van der Waals surface area contributed by atoms with Crippen LogP contribution in [-0.4, -0.2) is 38.9 Å². The van der Waals surface area contributed by atoms with Crippen molar-refractivity contribution in [3.8, 4) is 0 Å². The molecular weight excluding hydrogens is 445 g/mol. The second-order valence-corrected chi connectivity index (χ2v) is 8.29. The lowest BCUT2D eigenvalue weighted by Crippen LogP contribution is -2.53. The molecule has 0 aliphatic carbocycles. The van der Waals surface area contributed by atoms with Gasteiger partial charge in [-0.2, -0.15) is 0 Å². The Morgan fingerprint density at radius 2 is 1.87 bits per heavy atom. The van der Waals surface area contributed by atoms with Gasteiger partial charge in [0.1, 0.15) is 12.3 Å². The Labute approximate surface area is 187 Å². The number of amides is 3. The molecule has 2 aliphatic heterocycles. The van der Waals surface area contributed by atoms with Gasteiger partial charge in [0, 0.05) is 28.6 Å². The van der Waals surface area contributed by atoms with Gasteiger partial charge in [0.2, 0.25) is 11.8 Å². The van der Waals surface area contributed by atoms with Crippen molar-refractivity contribution in [3.63, 3.8) is 0 Å². The quantitative estimate of drug-likeness (QED) is 0.397. The third-order valence-corrected chi connectivity index (χ3v) is 5.84. The fourth-order valence-electron chi connectivity index (χ4n) is 3.95. The van der Waals surface area contributed by atoms with E-state index in [0.29, 0.717) is 26.7 Å². The summed E-state index contributed by atoms with van der Waals surface area (Å²) in [6, 6.07) is 8.74. The lowest BCUT2D eigenvalue weighted by atomic mass is 10.0. The number of nitrogens with zero attached hydrogens (tertiary/aromatic N) is 1. The number of fused-ring (bicyclic) bond motifs is 1. The summed E-state index contributed by atoms with van der Waals surface area (Å²) in [4.78, 5) is 37.9. The molecule has 1 saturated heterocycles. The van der Waals surface area contributed by atoms with Gasteiger partial charge in [-0.3, -0.25) is 29.9 Å². The van der Waals surface area contributed by atoms with E-state index in [2.05, 4.69) is 10.6 Å². The first-order valence-electron chi connectivity index (χ1n) is 9.60. The largest absolute Gasteiger partial charge is 0.374 e. The van der Waals surface area contributed by atoms with Crippen molar-refractivity contribution >= 4 is 40.9 Å². The van der Waals surface area contributed by atoms with E-state index in [1.54, 1.807) is 36.4 Å². The van der Waals surface area contributed by atoms with Gasteiger partial charge in [0.05, 0.1) is 5.56 Å². The van der Waals surface area contributed by atoms with Crippen LogP contribution in [0.5, 0.6) is 0 Å². The molecule has 31 heavy (non-hydrogen) atoms. The van der Waals surface area contributed by atoms with E-state index in [4.69, 9.17) is 23.2 Å². The molecule has 2 aromatic rings. The van der Waals surface area contributed by atoms with Crippen LogP contribution in [0, 0.1) is 0 Å². The van der Waals surface area contributed by atoms with E-state index in [1.165, 1.54) is 0 Å². The predicted octanol–water partition coefficient (Wildman–Crippen LogP) is 2.03. The Bertz CT molecular complexity index is 1060. The fourth-order valence-corrected chi connectivity index (χ4v) is 4.49. The smallest absolute Gasteiger partial charge is 0.257 e. The van der Waals surface area contributed by atoms with Crippen LogP contribution >= 0.6 is 23.2 Å². The number of aliphatic hydroxyl groups is 2. The van der Waals surface area contributed by atoms with Crippen LogP contribution in [0.25, 0.3) is 0 Å². The minimum atomic E-state index is -1.30. The van der Waals surface area contributed by atoms with Crippen molar-refractivity contribution in [1.29, 1.82) is 0 Å². The van der Waals surface area contributed by atoms with E-state index in [0.717, 1.165) is 4.90 Å². The monoisotopic (exact) mass is 463 g/mol. The summed E-state index contributed by atoms with van der Waals surface area (Å²) < 4.78 is 0. The summed E-state index contributed by atoms with van der Waals surface area (Å²) in [5, 5.41) is 27.0. The summed E-state index contributed by atoms with van der Waals surface area (Å²) in [7, 11) is 0. The molecule has 2 aromatic carbocycles. The van der Waals surface area contributed by atoms with Crippen molar-refractivity contribution < 1.29 is 24.6 Å². The zero-order chi connectivity index (χ0) is 22.3. The molecule has 4 N–H and O–H groups in total. The second-order valence-electron chi connectivity index (χ2n) is 7.42. The number of aliphatic hydroxyl groups excluding tert-OH is 2. The average molecular weight is 464 g/mol. The summed E-state index contributed by atoms with van der Waals surface area (Å²) in [6.45, 7) is 0.107. The Balaban J connectivity index is 1.55. The highest BCUT2D eigenvalue weighted by molar-refractivity contribution is 6.34. The van der Waals surface area contributed by atoms with Gasteiger partial charge in [0.25, 0.3) is 5.91 Å². The number of hydrogen-bond donors (Lipinski definition) is 4. The number of halogens is 2. The molecule has 3 unspecified atom stereocenters. The summed E-state index contributed by atoms with van der Waals surface area (Å²) >= 11 is 12.0. The maximum Gasteiger partial charge on any atom is 0.257 e. The topological polar surface area (TPSA) is 119 Å². The third-order valence-electron chi connectivity index (χ3n) is 5.41. The fraction of sp³-hybridized carbons (Fsp3) is 0.286. The number of carbonyl (C=O) groups excluding carboxylic acids is 3. The zero-order valence-electron chi connectivity index (χ0n) is 16.1. The predicted molar refractivity (Wildman–Crippen MR) is 112 cm³/mol. The lowest BCUT2D eigenvalue weighted by molar-refractivity contribution is -0.139. The number of carbonyl (C=O) groups is 3. The van der Waals surface area contributed by atoms with Crippen LogP contribution in [0.4, 0.5) is 0 Å². The molecule has 3 amide bonds. The Kier molecular flexibility index (Phi) is 6.00. The standard InChI is InChI=1S/C21H19Cl2N3O5/c22-12-6-11(7-13(23)8-12)18(28)24-9-10-2-1-3-14-17(10)21(31)26(20(14)30)15-4-5-16(27)25-19(15)29/h1-3,6-8,15,18,20,24,28,30H,4-5,9H2,(H,25,27,29). The molecule has 2 heterocycles. The van der Waals surface area contributed by atoms with Gasteiger partial charge in [-0.1, -0.05) is 41.4 Å². The maximum atomic E-state index is 13.1. The molecule has 0 saturated carbocycles. The van der Waals surface area contributed by atoms with Crippen LogP contribution in [0.1, 0.15) is 52.3 Å². The molecule has 4 rings (SSSR count). The van der Waals surface area contributed by atoms with Crippen molar-refractivity contribution in [3.05, 3.63) is 68.7 Å². The Morgan fingerprint density at radius 3 is 2.55 bits per heavy atom. The Hall–Kier alpha value is -2.49. The van der Waals surface area contributed by atoms with E-state index < -0.39 is 36.2 Å². The minimum Gasteiger partial charge on any atom is -0.374 e. The van der Waals surface area contributed by atoms with E-state index >= 15 is 0 Å². The molecule has 162 valence electrons. The second kappa shape index (κ2) is 8.57. The molecule has 8 nitrogen and oxygen atoms in total. The molecule has 0 aromatic heterocycles. The lowest BCUT2D eigenvalue weighted by Gasteiger charge is -2.31. The first kappa shape index (κ1) is 21.7. The van der Waals surface area contributed by atoms with Crippen LogP contribution in [0.15, 0.2) is 36.4 Å². The number of rotatable bonds is 5. The minimum absolute atomic E-state index is 0.0893. The van der Waals surface area contributed by atoms with Gasteiger partial charge in [-0.05, 0) is 35.7 Å². The number of nitrogens with one attached hydrogen (secondary N) is 2. The molecule has 0 spiro atoms. The normalized spacial score (nSPS) is 21.8. The number of piperidine rings is 1. The highest BCUT2D eigenvalue weighted by Crippen LogP contribution is 2.37. The maximum absolute atomic E-state index is 13.1. The van der Waals surface area contributed by atoms with Gasteiger partial charge in [0.15, 0.2) is 6.23 Å².